The average molecular weight is 317 g/mol. The summed E-state index contributed by atoms with van der Waals surface area (Å²) in [6, 6.07) is 4.97. The van der Waals surface area contributed by atoms with E-state index in [-0.39, 0.29) is 0 Å². The number of fused-ring (bicyclic) bond motifs is 1. The first-order valence-electron chi connectivity index (χ1n) is 9.59. The third-order valence-corrected chi connectivity index (χ3v) is 6.15. The molecule has 128 valence electrons. The van der Waals surface area contributed by atoms with Crippen molar-refractivity contribution in [1.29, 1.82) is 0 Å². The molecule has 0 aliphatic carbocycles. The first-order valence-corrected chi connectivity index (χ1v) is 9.59. The van der Waals surface area contributed by atoms with Crippen molar-refractivity contribution in [3.63, 3.8) is 0 Å². The van der Waals surface area contributed by atoms with E-state index in [1.54, 1.807) is 6.26 Å². The highest BCUT2D eigenvalue weighted by Gasteiger charge is 2.34. The molecule has 3 saturated heterocycles. The molecule has 3 aliphatic rings. The van der Waals surface area contributed by atoms with Gasteiger partial charge in [-0.25, -0.2) is 0 Å². The van der Waals surface area contributed by atoms with Gasteiger partial charge in [-0.2, -0.15) is 0 Å². The highest BCUT2D eigenvalue weighted by atomic mass is 16.3. The smallest absolute Gasteiger partial charge is 0.117 e. The van der Waals surface area contributed by atoms with Crippen LogP contribution in [0.3, 0.4) is 0 Å². The molecule has 3 aliphatic heterocycles. The largest absolute Gasteiger partial charge is 0.468 e. The van der Waals surface area contributed by atoms with Crippen molar-refractivity contribution in [2.24, 2.45) is 5.92 Å². The maximum absolute atomic E-state index is 5.48. The molecule has 0 spiro atoms. The van der Waals surface area contributed by atoms with Crippen LogP contribution < -0.4 is 0 Å². The van der Waals surface area contributed by atoms with Crippen molar-refractivity contribution in [3.8, 4) is 0 Å². The van der Waals surface area contributed by atoms with Crippen LogP contribution in [-0.2, 0) is 6.54 Å². The molecular formula is C19H31N3O. The zero-order valence-corrected chi connectivity index (χ0v) is 14.3. The third-order valence-electron chi connectivity index (χ3n) is 6.15. The molecule has 4 heterocycles. The van der Waals surface area contributed by atoms with Crippen LogP contribution in [0.15, 0.2) is 22.8 Å². The zero-order chi connectivity index (χ0) is 15.5. The van der Waals surface area contributed by atoms with Crippen molar-refractivity contribution in [3.05, 3.63) is 24.2 Å². The average Bonchev–Trinajstić information content (AvgIpc) is 3.10. The van der Waals surface area contributed by atoms with E-state index in [0.29, 0.717) is 0 Å². The van der Waals surface area contributed by atoms with Gasteiger partial charge in [0.1, 0.15) is 5.76 Å². The standard InChI is InChI=1S/C19H31N3O/c1-2-8-22-9-3-5-17(19(22)7-1)15-20-10-12-21(13-11-20)16-18-6-4-14-23-18/h4,6,14,17,19H,1-3,5,7-13,15-16H2/t17-,19+/m0/s1. The maximum Gasteiger partial charge on any atom is 0.117 e. The van der Waals surface area contributed by atoms with E-state index >= 15 is 0 Å². The van der Waals surface area contributed by atoms with Crippen molar-refractivity contribution in [2.45, 2.75) is 44.7 Å². The van der Waals surface area contributed by atoms with Crippen LogP contribution in [0.25, 0.3) is 0 Å². The Kier molecular flexibility index (Phi) is 5.02. The molecular weight excluding hydrogens is 286 g/mol. The van der Waals surface area contributed by atoms with Crippen LogP contribution in [-0.4, -0.2) is 66.6 Å². The molecule has 0 bridgehead atoms. The van der Waals surface area contributed by atoms with E-state index < -0.39 is 0 Å². The van der Waals surface area contributed by atoms with Crippen LogP contribution in [0.2, 0.25) is 0 Å². The van der Waals surface area contributed by atoms with Gasteiger partial charge < -0.3 is 14.2 Å². The molecule has 4 rings (SSSR count). The zero-order valence-electron chi connectivity index (χ0n) is 14.3. The second-order valence-corrected chi connectivity index (χ2v) is 7.66. The number of nitrogens with zero attached hydrogens (tertiary/aromatic N) is 3. The summed E-state index contributed by atoms with van der Waals surface area (Å²) in [7, 11) is 0. The highest BCUT2D eigenvalue weighted by Crippen LogP contribution is 2.31. The number of furan rings is 1. The molecule has 0 aromatic carbocycles. The lowest BCUT2D eigenvalue weighted by atomic mass is 9.83. The predicted molar refractivity (Wildman–Crippen MR) is 92.4 cm³/mol. The fourth-order valence-corrected chi connectivity index (χ4v) is 4.87. The van der Waals surface area contributed by atoms with Gasteiger partial charge in [-0.15, -0.1) is 0 Å². The van der Waals surface area contributed by atoms with Gasteiger partial charge in [0, 0.05) is 38.8 Å². The minimum atomic E-state index is 0.888. The molecule has 23 heavy (non-hydrogen) atoms. The van der Waals surface area contributed by atoms with Crippen LogP contribution in [0.1, 0.15) is 37.9 Å². The summed E-state index contributed by atoms with van der Waals surface area (Å²) in [6.45, 7) is 9.84. The molecule has 0 unspecified atom stereocenters. The lowest BCUT2D eigenvalue weighted by Crippen LogP contribution is -2.53. The maximum atomic E-state index is 5.48. The molecule has 3 fully saturated rings. The van der Waals surface area contributed by atoms with Crippen LogP contribution >= 0.6 is 0 Å². The Balaban J connectivity index is 1.25. The van der Waals surface area contributed by atoms with Gasteiger partial charge in [0.05, 0.1) is 12.8 Å². The number of rotatable bonds is 4. The van der Waals surface area contributed by atoms with Crippen LogP contribution in [0.4, 0.5) is 0 Å². The molecule has 0 N–H and O–H groups in total. The van der Waals surface area contributed by atoms with Crippen LogP contribution in [0, 0.1) is 5.92 Å². The van der Waals surface area contributed by atoms with Gasteiger partial charge in [-0.3, -0.25) is 4.90 Å². The van der Waals surface area contributed by atoms with E-state index in [1.165, 1.54) is 77.9 Å². The first-order chi connectivity index (χ1) is 11.4. The van der Waals surface area contributed by atoms with Gasteiger partial charge in [0.2, 0.25) is 0 Å². The number of piperazine rings is 1. The number of hydrogen-bond acceptors (Lipinski definition) is 4. The Hall–Kier alpha value is -0.840. The Bertz CT molecular complexity index is 465. The van der Waals surface area contributed by atoms with E-state index in [9.17, 15) is 0 Å². The Morgan fingerprint density at radius 3 is 2.57 bits per heavy atom. The Morgan fingerprint density at radius 2 is 1.74 bits per heavy atom. The van der Waals surface area contributed by atoms with Gasteiger partial charge >= 0.3 is 0 Å². The molecule has 0 radical (unpaired) electrons. The second-order valence-electron chi connectivity index (χ2n) is 7.66. The van der Waals surface area contributed by atoms with Crippen molar-refractivity contribution < 1.29 is 4.42 Å². The Labute approximate surface area is 140 Å². The van der Waals surface area contributed by atoms with Crippen molar-refractivity contribution >= 4 is 0 Å². The van der Waals surface area contributed by atoms with Crippen molar-refractivity contribution in [1.82, 2.24) is 14.7 Å². The molecule has 2 atom stereocenters. The van der Waals surface area contributed by atoms with E-state index in [1.807, 2.05) is 6.07 Å². The second kappa shape index (κ2) is 7.37. The monoisotopic (exact) mass is 317 g/mol. The van der Waals surface area contributed by atoms with Gasteiger partial charge in [0.15, 0.2) is 0 Å². The van der Waals surface area contributed by atoms with Crippen LogP contribution in [0.5, 0.6) is 0 Å². The predicted octanol–water partition coefficient (Wildman–Crippen LogP) is 2.66. The molecule has 4 heteroatoms. The topological polar surface area (TPSA) is 22.9 Å². The minimum absolute atomic E-state index is 0.888. The third kappa shape index (κ3) is 3.81. The lowest BCUT2D eigenvalue weighted by Gasteiger charge is -2.46. The molecule has 1 aromatic heterocycles. The number of piperidine rings is 2. The summed E-state index contributed by atoms with van der Waals surface area (Å²) in [5, 5.41) is 0. The van der Waals surface area contributed by atoms with Gasteiger partial charge in [0.25, 0.3) is 0 Å². The van der Waals surface area contributed by atoms with E-state index in [2.05, 4.69) is 20.8 Å². The Morgan fingerprint density at radius 1 is 0.913 bits per heavy atom. The van der Waals surface area contributed by atoms with E-state index in [4.69, 9.17) is 4.42 Å². The fraction of sp³-hybridized carbons (Fsp3) is 0.789. The molecule has 4 nitrogen and oxygen atoms in total. The molecule has 1 aromatic rings. The number of hydrogen-bond donors (Lipinski definition) is 0. The summed E-state index contributed by atoms with van der Waals surface area (Å²) in [5.74, 6) is 2.02. The summed E-state index contributed by atoms with van der Waals surface area (Å²) in [4.78, 5) is 8.05. The highest BCUT2D eigenvalue weighted by molar-refractivity contribution is 4.98. The van der Waals surface area contributed by atoms with E-state index in [0.717, 1.165) is 24.3 Å². The first kappa shape index (κ1) is 15.7. The molecule has 0 amide bonds. The summed E-state index contributed by atoms with van der Waals surface area (Å²) >= 11 is 0. The fourth-order valence-electron chi connectivity index (χ4n) is 4.87. The minimum Gasteiger partial charge on any atom is -0.468 e. The quantitative estimate of drug-likeness (QED) is 0.851. The normalized spacial score (nSPS) is 31.1. The summed E-state index contributed by atoms with van der Waals surface area (Å²) in [5.41, 5.74) is 0. The summed E-state index contributed by atoms with van der Waals surface area (Å²) in [6.07, 6.45) is 8.98. The van der Waals surface area contributed by atoms with Crippen molar-refractivity contribution in [2.75, 3.05) is 45.8 Å². The lowest BCUT2D eigenvalue weighted by molar-refractivity contribution is 0.0277. The SMILES string of the molecule is c1coc(CN2CCN(C[C@@H]3CCCN4CCCC[C@H]34)CC2)c1. The molecule has 0 saturated carbocycles. The van der Waals surface area contributed by atoms with Gasteiger partial charge in [-0.1, -0.05) is 6.42 Å². The van der Waals surface area contributed by atoms with Gasteiger partial charge in [-0.05, 0) is 56.8 Å². The summed E-state index contributed by atoms with van der Waals surface area (Å²) < 4.78 is 5.48.